The lowest BCUT2D eigenvalue weighted by atomic mass is 9.67. The predicted octanol–water partition coefficient (Wildman–Crippen LogP) is 9.20. The fraction of sp³-hybridized carbons (Fsp3) is 0.581. The van der Waals surface area contributed by atoms with E-state index < -0.39 is 0 Å². The van der Waals surface area contributed by atoms with Crippen LogP contribution in [0.2, 0.25) is 0 Å². The van der Waals surface area contributed by atoms with E-state index in [2.05, 4.69) is 38.1 Å². The van der Waals surface area contributed by atoms with Crippen LogP contribution in [0.1, 0.15) is 125 Å². The topological polar surface area (TPSA) is 26.3 Å². The van der Waals surface area contributed by atoms with Gasteiger partial charge in [0.1, 0.15) is 5.75 Å². The van der Waals surface area contributed by atoms with Crippen LogP contribution in [0.25, 0.3) is 0 Å². The minimum absolute atomic E-state index is 0.271. The van der Waals surface area contributed by atoms with Crippen molar-refractivity contribution in [3.8, 4) is 5.75 Å². The molecule has 0 heterocycles. The van der Waals surface area contributed by atoms with Gasteiger partial charge in [0.05, 0.1) is 5.56 Å². The van der Waals surface area contributed by atoms with Crippen LogP contribution in [0, 0.1) is 0 Å². The Kier molecular flexibility index (Phi) is 10.5. The standard InChI is InChI=1S/C31H44O2/c1-3-5-7-8-9-11-14-26-15-17-27(18-16-26)30(32)33-29-21-19-28(20-22-29)31(23-6-4-2)24-12-10-13-25-31/h15-22H,3-14,23-25H2,1-2H3. The normalized spacial score (nSPS) is 15.3. The van der Waals surface area contributed by atoms with E-state index in [-0.39, 0.29) is 5.97 Å². The zero-order chi connectivity index (χ0) is 23.4. The van der Waals surface area contributed by atoms with Crippen LogP contribution in [0.3, 0.4) is 0 Å². The third kappa shape index (κ3) is 7.73. The number of aryl methyl sites for hydroxylation is 1. The second-order valence-electron chi connectivity index (χ2n) is 10.1. The lowest BCUT2D eigenvalue weighted by Gasteiger charge is -2.38. The van der Waals surface area contributed by atoms with Crippen molar-refractivity contribution in [1.82, 2.24) is 0 Å². The molecule has 0 aliphatic heterocycles. The fourth-order valence-electron chi connectivity index (χ4n) is 5.39. The molecule has 3 rings (SSSR count). The van der Waals surface area contributed by atoms with Gasteiger partial charge in [0.25, 0.3) is 0 Å². The van der Waals surface area contributed by atoms with E-state index in [9.17, 15) is 4.79 Å². The number of esters is 1. The van der Waals surface area contributed by atoms with E-state index in [0.717, 1.165) is 6.42 Å². The number of benzene rings is 2. The van der Waals surface area contributed by atoms with E-state index >= 15 is 0 Å². The number of unbranched alkanes of at least 4 members (excludes halogenated alkanes) is 6. The molecule has 0 amide bonds. The molecular weight excluding hydrogens is 404 g/mol. The zero-order valence-corrected chi connectivity index (χ0v) is 21.0. The van der Waals surface area contributed by atoms with Gasteiger partial charge in [-0.15, -0.1) is 0 Å². The van der Waals surface area contributed by atoms with Crippen LogP contribution in [0.15, 0.2) is 48.5 Å². The van der Waals surface area contributed by atoms with Crippen molar-refractivity contribution in [2.75, 3.05) is 0 Å². The van der Waals surface area contributed by atoms with Crippen LogP contribution in [-0.2, 0) is 11.8 Å². The third-order valence-electron chi connectivity index (χ3n) is 7.51. The molecule has 0 radical (unpaired) electrons. The van der Waals surface area contributed by atoms with Gasteiger partial charge in [-0.25, -0.2) is 4.79 Å². The lowest BCUT2D eigenvalue weighted by Crippen LogP contribution is -2.29. The average Bonchev–Trinajstić information content (AvgIpc) is 2.86. The van der Waals surface area contributed by atoms with Gasteiger partial charge in [-0.05, 0) is 72.9 Å². The predicted molar refractivity (Wildman–Crippen MR) is 139 cm³/mol. The van der Waals surface area contributed by atoms with Gasteiger partial charge in [-0.3, -0.25) is 0 Å². The molecule has 1 aliphatic rings. The quantitative estimate of drug-likeness (QED) is 0.173. The lowest BCUT2D eigenvalue weighted by molar-refractivity contribution is 0.0734. The average molecular weight is 449 g/mol. The highest BCUT2D eigenvalue weighted by Gasteiger charge is 2.33. The summed E-state index contributed by atoms with van der Waals surface area (Å²) in [7, 11) is 0. The molecule has 0 spiro atoms. The second kappa shape index (κ2) is 13.6. The summed E-state index contributed by atoms with van der Waals surface area (Å²) < 4.78 is 5.69. The highest BCUT2D eigenvalue weighted by Crippen LogP contribution is 2.43. The maximum atomic E-state index is 12.7. The molecule has 0 bridgehead atoms. The first kappa shape index (κ1) is 25.5. The van der Waals surface area contributed by atoms with Gasteiger partial charge in [-0.1, -0.05) is 102 Å². The fourth-order valence-corrected chi connectivity index (χ4v) is 5.39. The zero-order valence-electron chi connectivity index (χ0n) is 21.0. The SMILES string of the molecule is CCCCCCCCc1ccc(C(=O)Oc2ccc(C3(CCCC)CCCCC3)cc2)cc1. The van der Waals surface area contributed by atoms with E-state index in [1.165, 1.54) is 101 Å². The molecule has 33 heavy (non-hydrogen) atoms. The highest BCUT2D eigenvalue weighted by atomic mass is 16.5. The Morgan fingerprint density at radius 3 is 2.06 bits per heavy atom. The van der Waals surface area contributed by atoms with Crippen molar-refractivity contribution >= 4 is 5.97 Å². The van der Waals surface area contributed by atoms with E-state index in [1.807, 2.05) is 24.3 Å². The molecule has 0 saturated heterocycles. The van der Waals surface area contributed by atoms with E-state index in [1.54, 1.807) is 0 Å². The third-order valence-corrected chi connectivity index (χ3v) is 7.51. The molecule has 1 fully saturated rings. The molecule has 2 aromatic carbocycles. The highest BCUT2D eigenvalue weighted by molar-refractivity contribution is 5.91. The summed E-state index contributed by atoms with van der Waals surface area (Å²) in [5.74, 6) is 0.369. The van der Waals surface area contributed by atoms with Crippen LogP contribution in [0.5, 0.6) is 5.75 Å². The maximum Gasteiger partial charge on any atom is 0.343 e. The Labute approximate surface area is 202 Å². The summed E-state index contributed by atoms with van der Waals surface area (Å²) in [6.45, 7) is 4.53. The smallest absolute Gasteiger partial charge is 0.343 e. The molecule has 2 heteroatoms. The van der Waals surface area contributed by atoms with Crippen molar-refractivity contribution in [1.29, 1.82) is 0 Å². The first-order chi connectivity index (χ1) is 16.2. The molecule has 2 aromatic rings. The molecule has 0 atom stereocenters. The van der Waals surface area contributed by atoms with Gasteiger partial charge in [-0.2, -0.15) is 0 Å². The maximum absolute atomic E-state index is 12.7. The van der Waals surface area contributed by atoms with Crippen LogP contribution >= 0.6 is 0 Å². The molecule has 180 valence electrons. The van der Waals surface area contributed by atoms with E-state index in [4.69, 9.17) is 4.74 Å². The summed E-state index contributed by atoms with van der Waals surface area (Å²) in [4.78, 5) is 12.7. The minimum atomic E-state index is -0.271. The van der Waals surface area contributed by atoms with Crippen molar-refractivity contribution in [3.63, 3.8) is 0 Å². The Bertz CT molecular complexity index is 813. The first-order valence-corrected chi connectivity index (χ1v) is 13.6. The molecular formula is C31H44O2. The van der Waals surface area contributed by atoms with Crippen LogP contribution in [-0.4, -0.2) is 5.97 Å². The number of rotatable bonds is 13. The number of carbonyl (C=O) groups excluding carboxylic acids is 1. The summed E-state index contributed by atoms with van der Waals surface area (Å²) in [5, 5.41) is 0. The van der Waals surface area contributed by atoms with Crippen molar-refractivity contribution in [2.24, 2.45) is 0 Å². The van der Waals surface area contributed by atoms with Crippen molar-refractivity contribution < 1.29 is 9.53 Å². The monoisotopic (exact) mass is 448 g/mol. The van der Waals surface area contributed by atoms with Gasteiger partial charge in [0.15, 0.2) is 0 Å². The van der Waals surface area contributed by atoms with Gasteiger partial charge < -0.3 is 4.74 Å². The molecule has 1 aliphatic carbocycles. The largest absolute Gasteiger partial charge is 0.423 e. The molecule has 0 unspecified atom stereocenters. The van der Waals surface area contributed by atoms with Crippen LogP contribution < -0.4 is 4.74 Å². The number of carbonyl (C=O) groups is 1. The Morgan fingerprint density at radius 2 is 1.39 bits per heavy atom. The Balaban J connectivity index is 1.52. The van der Waals surface area contributed by atoms with E-state index in [0.29, 0.717) is 16.7 Å². The van der Waals surface area contributed by atoms with Gasteiger partial charge in [0, 0.05) is 0 Å². The Hall–Kier alpha value is -2.09. The number of ether oxygens (including phenoxy) is 1. The second-order valence-corrected chi connectivity index (χ2v) is 10.1. The summed E-state index contributed by atoms with van der Waals surface area (Å²) in [5.41, 5.74) is 3.67. The molecule has 2 nitrogen and oxygen atoms in total. The first-order valence-electron chi connectivity index (χ1n) is 13.6. The Morgan fingerprint density at radius 1 is 0.758 bits per heavy atom. The van der Waals surface area contributed by atoms with Crippen LogP contribution in [0.4, 0.5) is 0 Å². The van der Waals surface area contributed by atoms with Crippen molar-refractivity contribution in [2.45, 2.75) is 116 Å². The summed E-state index contributed by atoms with van der Waals surface area (Å²) >= 11 is 0. The minimum Gasteiger partial charge on any atom is -0.423 e. The molecule has 1 saturated carbocycles. The summed E-state index contributed by atoms with van der Waals surface area (Å²) in [6, 6.07) is 16.3. The van der Waals surface area contributed by atoms with Gasteiger partial charge in [0.2, 0.25) is 0 Å². The van der Waals surface area contributed by atoms with Gasteiger partial charge >= 0.3 is 5.97 Å². The summed E-state index contributed by atoms with van der Waals surface area (Å²) in [6.07, 6.45) is 19.3. The molecule has 0 N–H and O–H groups in total. The molecule has 0 aromatic heterocycles. The number of hydrogen-bond acceptors (Lipinski definition) is 2. The van der Waals surface area contributed by atoms with Crippen molar-refractivity contribution in [3.05, 3.63) is 65.2 Å². The number of hydrogen-bond donors (Lipinski definition) is 0.